The number of nitrogens with zero attached hydrogens (tertiary/aromatic N) is 5. The molecule has 8 rings (SSSR count). The second-order valence-corrected chi connectivity index (χ2v) is 12.6. The highest BCUT2D eigenvalue weighted by molar-refractivity contribution is 5.83. The summed E-state index contributed by atoms with van der Waals surface area (Å²) in [6, 6.07) is 30.6. The van der Waals surface area contributed by atoms with Crippen LogP contribution in [0.4, 0.5) is 5.82 Å². The zero-order chi connectivity index (χ0) is 35.6. The lowest BCUT2D eigenvalue weighted by Gasteiger charge is -2.13. The van der Waals surface area contributed by atoms with Crippen LogP contribution in [0.3, 0.4) is 0 Å². The van der Waals surface area contributed by atoms with Crippen LogP contribution in [0.1, 0.15) is 33.8 Å². The number of anilines is 1. The predicted molar refractivity (Wildman–Crippen MR) is 195 cm³/mol. The maximum atomic E-state index is 11.8. The molecule has 52 heavy (non-hydrogen) atoms. The fraction of sp³-hybridized carbons (Fsp3) is 0.100. The number of H-pyrrole nitrogens is 1. The molecule has 0 unspecified atom stereocenters. The minimum absolute atomic E-state index is 0.133. The minimum Gasteiger partial charge on any atom is -0.508 e. The van der Waals surface area contributed by atoms with Gasteiger partial charge in [0.2, 0.25) is 0 Å². The predicted octanol–water partition coefficient (Wildman–Crippen LogP) is 6.62. The van der Waals surface area contributed by atoms with E-state index in [4.69, 9.17) is 24.6 Å². The Kier molecular flexibility index (Phi) is 8.45. The van der Waals surface area contributed by atoms with E-state index in [-0.39, 0.29) is 17.3 Å². The summed E-state index contributed by atoms with van der Waals surface area (Å²) in [4.78, 5) is 23.8. The largest absolute Gasteiger partial charge is 0.508 e. The first-order valence-electron chi connectivity index (χ1n) is 16.6. The van der Waals surface area contributed by atoms with E-state index in [1.54, 1.807) is 49.2 Å². The van der Waals surface area contributed by atoms with Crippen molar-refractivity contribution in [2.24, 2.45) is 0 Å². The number of rotatable bonds is 11. The third kappa shape index (κ3) is 6.72. The third-order valence-electron chi connectivity index (χ3n) is 8.91. The van der Waals surface area contributed by atoms with E-state index in [1.807, 2.05) is 69.8 Å². The van der Waals surface area contributed by atoms with Crippen LogP contribution in [0.15, 0.2) is 136 Å². The van der Waals surface area contributed by atoms with Crippen LogP contribution in [0.2, 0.25) is 0 Å². The Balaban J connectivity index is 1.10. The molecule has 0 saturated heterocycles. The fourth-order valence-electron chi connectivity index (χ4n) is 6.56. The number of aromatic amines is 1. The molecule has 0 bridgehead atoms. The molecule has 5 N–H and O–H groups in total. The van der Waals surface area contributed by atoms with Crippen molar-refractivity contribution >= 4 is 5.82 Å². The first kappa shape index (κ1) is 32.1. The smallest absolute Gasteiger partial charge is 0.416 e. The van der Waals surface area contributed by atoms with Crippen LogP contribution in [-0.4, -0.2) is 39.5 Å². The average Bonchev–Trinajstić information content (AvgIpc) is 3.94. The quantitative estimate of drug-likeness (QED) is 0.116. The van der Waals surface area contributed by atoms with Gasteiger partial charge in [-0.3, -0.25) is 4.98 Å². The van der Waals surface area contributed by atoms with Crippen LogP contribution in [-0.2, 0) is 25.9 Å². The van der Waals surface area contributed by atoms with Crippen molar-refractivity contribution in [1.29, 1.82) is 0 Å². The standard InChI is InChI=1S/C40H33N7O5/c41-39-34(22-51-45-39)38-37(28-8-2-1-3-9-28)44-24-47(38)21-27-13-30(17-32(49)15-27)29-10-4-6-25(12-29)16-35-36(18-33-19-42-40(50)52-33)46(23-43-35)20-26-7-5-11-31(48)14-26/h1-15,17,19,22-24,48-49H,16,18,20-21H2,(H2,41,45)(H,42,50). The third-order valence-corrected chi connectivity index (χ3v) is 8.91. The highest BCUT2D eigenvalue weighted by Gasteiger charge is 2.21. The highest BCUT2D eigenvalue weighted by Crippen LogP contribution is 2.35. The molecular formula is C40H33N7O5. The number of hydrogen-bond acceptors (Lipinski definition) is 9. The highest BCUT2D eigenvalue weighted by atomic mass is 16.5. The van der Waals surface area contributed by atoms with Gasteiger partial charge >= 0.3 is 5.76 Å². The summed E-state index contributed by atoms with van der Waals surface area (Å²) in [6.45, 7) is 0.878. The second kappa shape index (κ2) is 13.7. The van der Waals surface area contributed by atoms with Crippen molar-refractivity contribution in [3.8, 4) is 45.1 Å². The van der Waals surface area contributed by atoms with Crippen LogP contribution < -0.4 is 11.5 Å². The molecule has 0 aliphatic carbocycles. The van der Waals surface area contributed by atoms with Gasteiger partial charge in [0.05, 0.1) is 35.3 Å². The van der Waals surface area contributed by atoms with Gasteiger partial charge in [0.1, 0.15) is 23.5 Å². The number of aromatic nitrogens is 6. The van der Waals surface area contributed by atoms with Gasteiger partial charge in [-0.1, -0.05) is 71.9 Å². The molecule has 4 aromatic heterocycles. The number of nitrogen functional groups attached to an aromatic ring is 1. The molecule has 4 aromatic carbocycles. The summed E-state index contributed by atoms with van der Waals surface area (Å²) in [5.74, 6) is 0.557. The molecule has 0 fully saturated rings. The zero-order valence-electron chi connectivity index (χ0n) is 27.8. The molecule has 0 atom stereocenters. The zero-order valence-corrected chi connectivity index (χ0v) is 27.8. The Morgan fingerprint density at radius 1 is 0.731 bits per heavy atom. The van der Waals surface area contributed by atoms with Crippen molar-refractivity contribution in [3.63, 3.8) is 0 Å². The second-order valence-electron chi connectivity index (χ2n) is 12.6. The number of oxazole rings is 1. The average molecular weight is 692 g/mol. The Morgan fingerprint density at radius 3 is 2.27 bits per heavy atom. The molecule has 0 aliphatic heterocycles. The molecule has 0 amide bonds. The van der Waals surface area contributed by atoms with Crippen molar-refractivity contribution in [2.75, 3.05) is 5.73 Å². The molecule has 0 saturated carbocycles. The van der Waals surface area contributed by atoms with Gasteiger partial charge in [-0.25, -0.2) is 14.8 Å². The van der Waals surface area contributed by atoms with Crippen LogP contribution >= 0.6 is 0 Å². The maximum Gasteiger partial charge on any atom is 0.416 e. The fourth-order valence-corrected chi connectivity index (χ4v) is 6.56. The van der Waals surface area contributed by atoms with Crippen molar-refractivity contribution < 1.29 is 19.2 Å². The van der Waals surface area contributed by atoms with Gasteiger partial charge in [-0.2, -0.15) is 0 Å². The molecule has 12 nitrogen and oxygen atoms in total. The SMILES string of the molecule is Nc1nocc1-c1c(-c2ccccc2)ncn1Cc1cc(O)cc(-c2cccc(Cc3ncn(Cc4cccc(O)c4)c3Cc3c[nH]c(=O)o3)c2)c1. The van der Waals surface area contributed by atoms with Gasteiger partial charge in [-0.15, -0.1) is 0 Å². The molecule has 4 heterocycles. The van der Waals surface area contributed by atoms with Crippen molar-refractivity contribution in [1.82, 2.24) is 29.2 Å². The first-order valence-corrected chi connectivity index (χ1v) is 16.6. The minimum atomic E-state index is -0.516. The molecule has 0 aliphatic rings. The number of nitrogens with two attached hydrogens (primary N) is 1. The lowest BCUT2D eigenvalue weighted by Crippen LogP contribution is -2.06. The normalized spacial score (nSPS) is 11.3. The van der Waals surface area contributed by atoms with Gasteiger partial charge in [0.25, 0.3) is 0 Å². The summed E-state index contributed by atoms with van der Waals surface area (Å²) in [7, 11) is 0. The number of benzene rings is 4. The molecule has 258 valence electrons. The summed E-state index contributed by atoms with van der Waals surface area (Å²) >= 11 is 0. The van der Waals surface area contributed by atoms with E-state index in [1.165, 1.54) is 6.26 Å². The van der Waals surface area contributed by atoms with E-state index in [0.29, 0.717) is 37.3 Å². The van der Waals surface area contributed by atoms with E-state index in [2.05, 4.69) is 16.2 Å². The van der Waals surface area contributed by atoms with E-state index in [0.717, 1.165) is 56.2 Å². The van der Waals surface area contributed by atoms with Gasteiger partial charge < -0.3 is 34.0 Å². The molecule has 0 spiro atoms. The van der Waals surface area contributed by atoms with Gasteiger partial charge in [-0.05, 0) is 58.1 Å². The van der Waals surface area contributed by atoms with Crippen molar-refractivity contribution in [2.45, 2.75) is 25.9 Å². The van der Waals surface area contributed by atoms with E-state index < -0.39 is 5.76 Å². The van der Waals surface area contributed by atoms with Crippen LogP contribution in [0, 0.1) is 0 Å². The maximum absolute atomic E-state index is 11.8. The summed E-state index contributed by atoms with van der Waals surface area (Å²) in [5.41, 5.74) is 15.5. The van der Waals surface area contributed by atoms with E-state index in [9.17, 15) is 15.0 Å². The number of aromatic hydroxyl groups is 2. The summed E-state index contributed by atoms with van der Waals surface area (Å²) in [6.07, 6.45) is 7.47. The first-order chi connectivity index (χ1) is 25.4. The van der Waals surface area contributed by atoms with Crippen LogP contribution in [0.25, 0.3) is 33.6 Å². The van der Waals surface area contributed by atoms with Crippen molar-refractivity contribution in [3.05, 3.63) is 167 Å². The topological polar surface area (TPSA) is 174 Å². The number of hydrogen-bond donors (Lipinski definition) is 4. The summed E-state index contributed by atoms with van der Waals surface area (Å²) < 4.78 is 14.5. The molecule has 12 heteroatoms. The number of nitrogens with one attached hydrogen (secondary N) is 1. The van der Waals surface area contributed by atoms with Gasteiger partial charge in [0.15, 0.2) is 5.82 Å². The number of phenols is 2. The lowest BCUT2D eigenvalue weighted by atomic mass is 9.98. The number of phenolic OH excluding ortho intramolecular Hbond substituents is 2. The summed E-state index contributed by atoms with van der Waals surface area (Å²) in [5, 5.41) is 24.8. The Labute approximate surface area is 297 Å². The Hall–Kier alpha value is -7.08. The number of imidazole rings is 2. The van der Waals surface area contributed by atoms with Crippen LogP contribution in [0.5, 0.6) is 11.5 Å². The van der Waals surface area contributed by atoms with Gasteiger partial charge in [0, 0.05) is 43.4 Å². The Bertz CT molecular complexity index is 2560. The lowest BCUT2D eigenvalue weighted by molar-refractivity contribution is 0.423. The van der Waals surface area contributed by atoms with E-state index >= 15 is 0 Å². The molecule has 8 aromatic rings. The molecular weight excluding hydrogens is 658 g/mol. The monoisotopic (exact) mass is 691 g/mol. The molecule has 0 radical (unpaired) electrons. The Morgan fingerprint density at radius 2 is 1.48 bits per heavy atom.